The minimum atomic E-state index is 0.244. The van der Waals surface area contributed by atoms with Crippen molar-refractivity contribution < 1.29 is 0 Å². The molecule has 1 nitrogen and oxygen atoms in total. The van der Waals surface area contributed by atoms with Gasteiger partial charge < -0.3 is 5.32 Å². The van der Waals surface area contributed by atoms with Gasteiger partial charge >= 0.3 is 0 Å². The molecule has 21 heavy (non-hydrogen) atoms. The average Bonchev–Trinajstić information content (AvgIpc) is 2.75. The zero-order chi connectivity index (χ0) is 15.7. The highest BCUT2D eigenvalue weighted by Crippen LogP contribution is 2.44. The zero-order valence-corrected chi connectivity index (χ0v) is 14.8. The number of rotatable bonds is 4. The molecule has 2 rings (SSSR count). The van der Waals surface area contributed by atoms with Crippen molar-refractivity contribution in [3.8, 4) is 0 Å². The molecule has 0 radical (unpaired) electrons. The van der Waals surface area contributed by atoms with Crippen molar-refractivity contribution in [1.82, 2.24) is 5.32 Å². The molecule has 2 atom stereocenters. The number of benzene rings is 1. The van der Waals surface area contributed by atoms with Gasteiger partial charge in [-0.1, -0.05) is 65.3 Å². The smallest absolute Gasteiger partial charge is 0.0138 e. The molecular formula is C20H33N. The van der Waals surface area contributed by atoms with Gasteiger partial charge in [0.05, 0.1) is 0 Å². The Bertz CT molecular complexity index is 450. The highest BCUT2D eigenvalue weighted by Gasteiger charge is 2.38. The molecule has 0 aliphatic heterocycles. The molecule has 1 aromatic carbocycles. The minimum Gasteiger partial charge on any atom is -0.316 e. The number of likely N-dealkylation sites (N-methyl/N-ethyl adjacent to an activating group) is 1. The molecule has 0 heterocycles. The van der Waals surface area contributed by atoms with E-state index in [1.807, 2.05) is 0 Å². The zero-order valence-electron chi connectivity index (χ0n) is 14.8. The van der Waals surface area contributed by atoms with E-state index in [1.54, 1.807) is 0 Å². The summed E-state index contributed by atoms with van der Waals surface area (Å²) in [6, 6.07) is 9.87. The summed E-state index contributed by atoms with van der Waals surface area (Å²) in [5.41, 5.74) is 3.62. The van der Waals surface area contributed by atoms with Crippen LogP contribution in [0.25, 0.3) is 0 Å². The van der Waals surface area contributed by atoms with Crippen LogP contribution in [-0.2, 0) is 11.8 Å². The second-order valence-corrected chi connectivity index (χ2v) is 8.53. The van der Waals surface area contributed by atoms with Crippen molar-refractivity contribution in [2.75, 3.05) is 7.05 Å². The van der Waals surface area contributed by atoms with Gasteiger partial charge in [0, 0.05) is 6.04 Å². The molecular weight excluding hydrogens is 254 g/mol. The molecule has 1 fully saturated rings. The Labute approximate surface area is 131 Å². The molecule has 1 N–H and O–H groups in total. The van der Waals surface area contributed by atoms with Gasteiger partial charge in [0.25, 0.3) is 0 Å². The average molecular weight is 287 g/mol. The maximum Gasteiger partial charge on any atom is 0.0138 e. The fraction of sp³-hybridized carbons (Fsp3) is 0.700. The van der Waals surface area contributed by atoms with Crippen molar-refractivity contribution in [3.63, 3.8) is 0 Å². The molecule has 1 aliphatic rings. The molecule has 1 aromatic rings. The van der Waals surface area contributed by atoms with Crippen LogP contribution in [0.2, 0.25) is 0 Å². The van der Waals surface area contributed by atoms with Crippen molar-refractivity contribution >= 4 is 0 Å². The lowest BCUT2D eigenvalue weighted by molar-refractivity contribution is 0.201. The van der Waals surface area contributed by atoms with Gasteiger partial charge in [-0.2, -0.15) is 0 Å². The van der Waals surface area contributed by atoms with Crippen LogP contribution in [0, 0.1) is 11.3 Å². The van der Waals surface area contributed by atoms with Crippen LogP contribution in [0.4, 0.5) is 0 Å². The summed E-state index contributed by atoms with van der Waals surface area (Å²) in [5.74, 6) is 0.796. The third kappa shape index (κ3) is 3.88. The first-order valence-electron chi connectivity index (χ1n) is 8.51. The molecule has 2 unspecified atom stereocenters. The molecule has 0 amide bonds. The SMILES string of the molecule is CNC(Cc1ccc(C(C)(C)C)cc1)C1CCCC1(C)C. The van der Waals surface area contributed by atoms with Crippen LogP contribution in [0.5, 0.6) is 0 Å². The third-order valence-corrected chi connectivity index (χ3v) is 5.47. The van der Waals surface area contributed by atoms with Gasteiger partial charge in [0.15, 0.2) is 0 Å². The fourth-order valence-electron chi connectivity index (χ4n) is 3.94. The summed E-state index contributed by atoms with van der Waals surface area (Å²) < 4.78 is 0. The number of hydrogen-bond acceptors (Lipinski definition) is 1. The molecule has 0 aromatic heterocycles. The predicted molar refractivity (Wildman–Crippen MR) is 92.8 cm³/mol. The van der Waals surface area contributed by atoms with E-state index < -0.39 is 0 Å². The molecule has 1 heteroatoms. The van der Waals surface area contributed by atoms with Gasteiger partial charge in [0.1, 0.15) is 0 Å². The largest absolute Gasteiger partial charge is 0.316 e. The second kappa shape index (κ2) is 6.12. The van der Waals surface area contributed by atoms with E-state index >= 15 is 0 Å². The number of nitrogens with one attached hydrogen (secondary N) is 1. The van der Waals surface area contributed by atoms with Gasteiger partial charge in [-0.15, -0.1) is 0 Å². The van der Waals surface area contributed by atoms with Crippen molar-refractivity contribution in [2.45, 2.75) is 71.8 Å². The molecule has 0 bridgehead atoms. The Kier molecular flexibility index (Phi) is 4.82. The van der Waals surface area contributed by atoms with Gasteiger partial charge in [-0.05, 0) is 54.2 Å². The van der Waals surface area contributed by atoms with E-state index in [0.717, 1.165) is 12.3 Å². The first-order valence-corrected chi connectivity index (χ1v) is 8.51. The van der Waals surface area contributed by atoms with E-state index in [9.17, 15) is 0 Å². The van der Waals surface area contributed by atoms with E-state index in [1.165, 1.54) is 30.4 Å². The Balaban J connectivity index is 2.09. The normalized spacial score (nSPS) is 23.2. The molecule has 0 saturated heterocycles. The number of hydrogen-bond donors (Lipinski definition) is 1. The van der Waals surface area contributed by atoms with Crippen LogP contribution in [0.3, 0.4) is 0 Å². The Morgan fingerprint density at radius 2 is 1.81 bits per heavy atom. The lowest BCUT2D eigenvalue weighted by atomic mass is 9.76. The van der Waals surface area contributed by atoms with Crippen molar-refractivity contribution in [2.24, 2.45) is 11.3 Å². The van der Waals surface area contributed by atoms with Gasteiger partial charge in [-0.3, -0.25) is 0 Å². The summed E-state index contributed by atoms with van der Waals surface area (Å²) in [6.07, 6.45) is 5.28. The molecule has 1 aliphatic carbocycles. The van der Waals surface area contributed by atoms with Crippen LogP contribution in [0.1, 0.15) is 65.0 Å². The molecule has 118 valence electrons. The standard InChI is InChI=1S/C20H33N/c1-19(2,3)16-11-9-15(10-12-16)14-18(21-6)17-8-7-13-20(17,4)5/h9-12,17-18,21H,7-8,13-14H2,1-6H3. The summed E-state index contributed by atoms with van der Waals surface area (Å²) >= 11 is 0. The van der Waals surface area contributed by atoms with Crippen LogP contribution >= 0.6 is 0 Å². The summed E-state index contributed by atoms with van der Waals surface area (Å²) in [4.78, 5) is 0. The monoisotopic (exact) mass is 287 g/mol. The molecule has 1 saturated carbocycles. The molecule has 0 spiro atoms. The second-order valence-electron chi connectivity index (χ2n) is 8.53. The Hall–Kier alpha value is -0.820. The van der Waals surface area contributed by atoms with Gasteiger partial charge in [0.2, 0.25) is 0 Å². The Morgan fingerprint density at radius 3 is 2.24 bits per heavy atom. The quantitative estimate of drug-likeness (QED) is 0.827. The van der Waals surface area contributed by atoms with Crippen LogP contribution < -0.4 is 5.32 Å². The van der Waals surface area contributed by atoms with Crippen molar-refractivity contribution in [1.29, 1.82) is 0 Å². The highest BCUT2D eigenvalue weighted by molar-refractivity contribution is 5.28. The van der Waals surface area contributed by atoms with Crippen LogP contribution in [0.15, 0.2) is 24.3 Å². The summed E-state index contributed by atoms with van der Waals surface area (Å²) in [7, 11) is 2.13. The lowest BCUT2D eigenvalue weighted by Crippen LogP contribution is -2.40. The highest BCUT2D eigenvalue weighted by atomic mass is 14.9. The van der Waals surface area contributed by atoms with Gasteiger partial charge in [-0.25, -0.2) is 0 Å². The third-order valence-electron chi connectivity index (χ3n) is 5.47. The predicted octanol–water partition coefficient (Wildman–Crippen LogP) is 4.94. The maximum absolute atomic E-state index is 3.59. The van der Waals surface area contributed by atoms with Crippen LogP contribution in [-0.4, -0.2) is 13.1 Å². The van der Waals surface area contributed by atoms with E-state index in [-0.39, 0.29) is 5.41 Å². The summed E-state index contributed by atoms with van der Waals surface area (Å²) in [6.45, 7) is 11.7. The minimum absolute atomic E-state index is 0.244. The summed E-state index contributed by atoms with van der Waals surface area (Å²) in [5, 5.41) is 3.59. The van der Waals surface area contributed by atoms with E-state index in [4.69, 9.17) is 0 Å². The first kappa shape index (κ1) is 16.5. The van der Waals surface area contributed by atoms with E-state index in [2.05, 4.69) is 71.2 Å². The lowest BCUT2D eigenvalue weighted by Gasteiger charge is -2.34. The van der Waals surface area contributed by atoms with E-state index in [0.29, 0.717) is 11.5 Å². The first-order chi connectivity index (χ1) is 9.74. The Morgan fingerprint density at radius 1 is 1.19 bits per heavy atom. The topological polar surface area (TPSA) is 12.0 Å². The fourth-order valence-corrected chi connectivity index (χ4v) is 3.94. The van der Waals surface area contributed by atoms with Crippen molar-refractivity contribution in [3.05, 3.63) is 35.4 Å². The maximum atomic E-state index is 3.59.